The highest BCUT2D eigenvalue weighted by Crippen LogP contribution is 2.28. The van der Waals surface area contributed by atoms with Gasteiger partial charge in [-0.1, -0.05) is 33.6 Å². The molecule has 0 radical (unpaired) electrons. The summed E-state index contributed by atoms with van der Waals surface area (Å²) in [7, 11) is 0. The first-order chi connectivity index (χ1) is 8.04. The van der Waals surface area contributed by atoms with Crippen molar-refractivity contribution in [3.63, 3.8) is 0 Å². The number of carbonyl (C=O) groups is 1. The fraction of sp³-hybridized carbons (Fsp3) is 0.250. The highest BCUT2D eigenvalue weighted by molar-refractivity contribution is 9.10. The molecule has 1 aromatic carbocycles. The Morgan fingerprint density at radius 3 is 3.06 bits per heavy atom. The van der Waals surface area contributed by atoms with Crippen molar-refractivity contribution in [1.29, 1.82) is 0 Å². The molecule has 1 unspecified atom stereocenters. The van der Waals surface area contributed by atoms with Gasteiger partial charge in [-0.2, -0.15) is 0 Å². The number of carbonyl (C=O) groups excluding carboxylic acids is 1. The van der Waals surface area contributed by atoms with Crippen molar-refractivity contribution in [1.82, 2.24) is 5.32 Å². The summed E-state index contributed by atoms with van der Waals surface area (Å²) in [4.78, 5) is 11.6. The molecule has 0 saturated carbocycles. The molecule has 0 aliphatic rings. The molecule has 1 aromatic rings. The van der Waals surface area contributed by atoms with Gasteiger partial charge in [0.1, 0.15) is 5.75 Å². The molecule has 0 aromatic heterocycles. The molecule has 1 N–H and O–H groups in total. The van der Waals surface area contributed by atoms with Gasteiger partial charge in [-0.05, 0) is 25.1 Å². The molecular weight excluding hydrogens is 305 g/mol. The van der Waals surface area contributed by atoms with Crippen LogP contribution < -0.4 is 10.1 Å². The minimum atomic E-state index is -0.609. The van der Waals surface area contributed by atoms with Crippen molar-refractivity contribution < 1.29 is 9.53 Å². The Balaban J connectivity index is 2.66. The second-order valence-corrected chi connectivity index (χ2v) is 4.69. The lowest BCUT2D eigenvalue weighted by molar-refractivity contribution is -0.127. The van der Waals surface area contributed by atoms with E-state index in [1.54, 1.807) is 31.2 Å². The van der Waals surface area contributed by atoms with Gasteiger partial charge in [0.05, 0.1) is 5.02 Å². The third-order valence-electron chi connectivity index (χ3n) is 1.99. The number of hydrogen-bond donors (Lipinski definition) is 1. The van der Waals surface area contributed by atoms with Gasteiger partial charge < -0.3 is 10.1 Å². The lowest BCUT2D eigenvalue weighted by Crippen LogP contribution is -2.36. The predicted octanol–water partition coefficient (Wildman–Crippen LogP) is 3.17. The van der Waals surface area contributed by atoms with Crippen LogP contribution >= 0.6 is 27.5 Å². The molecule has 17 heavy (non-hydrogen) atoms. The molecule has 0 heterocycles. The topological polar surface area (TPSA) is 38.3 Å². The Labute approximate surface area is 114 Å². The summed E-state index contributed by atoms with van der Waals surface area (Å²) < 4.78 is 6.32. The first-order valence-electron chi connectivity index (χ1n) is 5.05. The van der Waals surface area contributed by atoms with Crippen LogP contribution in [-0.2, 0) is 4.79 Å². The van der Waals surface area contributed by atoms with E-state index < -0.39 is 6.10 Å². The third kappa shape index (κ3) is 4.40. The molecule has 0 spiro atoms. The summed E-state index contributed by atoms with van der Waals surface area (Å²) >= 11 is 9.27. The maximum Gasteiger partial charge on any atom is 0.261 e. The van der Waals surface area contributed by atoms with E-state index in [1.807, 2.05) is 0 Å². The van der Waals surface area contributed by atoms with Crippen molar-refractivity contribution in [3.05, 3.63) is 40.3 Å². The smallest absolute Gasteiger partial charge is 0.261 e. The zero-order chi connectivity index (χ0) is 12.8. The van der Waals surface area contributed by atoms with E-state index >= 15 is 0 Å². The van der Waals surface area contributed by atoms with Crippen LogP contribution in [0.5, 0.6) is 5.75 Å². The Kier molecular flexibility index (Phi) is 5.51. The molecule has 0 aliphatic heterocycles. The van der Waals surface area contributed by atoms with Gasteiger partial charge in [0.2, 0.25) is 0 Å². The number of halogens is 2. The average molecular weight is 319 g/mol. The lowest BCUT2D eigenvalue weighted by atomic mass is 10.3. The summed E-state index contributed by atoms with van der Waals surface area (Å²) in [5.41, 5.74) is 0. The summed E-state index contributed by atoms with van der Waals surface area (Å²) in [5.74, 6) is 0.267. The molecule has 0 bridgehead atoms. The van der Waals surface area contributed by atoms with Crippen LogP contribution in [0.1, 0.15) is 6.92 Å². The first kappa shape index (κ1) is 14.1. The molecule has 0 aliphatic carbocycles. The fourth-order valence-corrected chi connectivity index (χ4v) is 1.63. The molecular formula is C12H13BrClNO2. The van der Waals surface area contributed by atoms with Crippen molar-refractivity contribution in [2.75, 3.05) is 6.54 Å². The number of rotatable bonds is 5. The second kappa shape index (κ2) is 6.67. The lowest BCUT2D eigenvalue weighted by Gasteiger charge is -2.15. The van der Waals surface area contributed by atoms with Crippen molar-refractivity contribution >= 4 is 33.4 Å². The quantitative estimate of drug-likeness (QED) is 0.847. The first-order valence-corrected chi connectivity index (χ1v) is 6.22. The van der Waals surface area contributed by atoms with Gasteiger partial charge in [-0.25, -0.2) is 0 Å². The minimum absolute atomic E-state index is 0.207. The van der Waals surface area contributed by atoms with E-state index in [-0.39, 0.29) is 5.91 Å². The van der Waals surface area contributed by atoms with Crippen LogP contribution in [0.25, 0.3) is 0 Å². The van der Waals surface area contributed by atoms with E-state index in [0.29, 0.717) is 17.3 Å². The largest absolute Gasteiger partial charge is 0.479 e. The molecule has 1 amide bonds. The summed E-state index contributed by atoms with van der Waals surface area (Å²) in [6, 6.07) is 5.23. The molecule has 1 atom stereocenters. The van der Waals surface area contributed by atoms with Crippen molar-refractivity contribution in [2.24, 2.45) is 0 Å². The van der Waals surface area contributed by atoms with Gasteiger partial charge in [0, 0.05) is 11.0 Å². The van der Waals surface area contributed by atoms with Gasteiger partial charge in [-0.3, -0.25) is 4.79 Å². The van der Waals surface area contributed by atoms with Crippen LogP contribution in [0, 0.1) is 0 Å². The van der Waals surface area contributed by atoms with Gasteiger partial charge in [0.15, 0.2) is 6.10 Å². The number of amides is 1. The van der Waals surface area contributed by atoms with Crippen LogP contribution in [0.15, 0.2) is 35.3 Å². The van der Waals surface area contributed by atoms with E-state index in [2.05, 4.69) is 27.8 Å². The van der Waals surface area contributed by atoms with Crippen LogP contribution in [0.4, 0.5) is 0 Å². The third-order valence-corrected chi connectivity index (χ3v) is 2.79. The molecule has 0 saturated heterocycles. The fourth-order valence-electron chi connectivity index (χ4n) is 1.13. The summed E-state index contributed by atoms with van der Waals surface area (Å²) in [6.45, 7) is 5.60. The monoisotopic (exact) mass is 317 g/mol. The summed E-state index contributed by atoms with van der Waals surface area (Å²) in [6.07, 6.45) is 0.998. The maximum atomic E-state index is 11.6. The maximum absolute atomic E-state index is 11.6. The van der Waals surface area contributed by atoms with Crippen LogP contribution in [0.2, 0.25) is 5.02 Å². The minimum Gasteiger partial charge on any atom is -0.479 e. The zero-order valence-corrected chi connectivity index (χ0v) is 11.7. The molecule has 1 rings (SSSR count). The Bertz CT molecular complexity index is 423. The Morgan fingerprint density at radius 2 is 2.41 bits per heavy atom. The molecule has 3 nitrogen and oxygen atoms in total. The Morgan fingerprint density at radius 1 is 1.71 bits per heavy atom. The zero-order valence-electron chi connectivity index (χ0n) is 9.37. The second-order valence-electron chi connectivity index (χ2n) is 3.37. The number of hydrogen-bond acceptors (Lipinski definition) is 2. The number of nitrogens with one attached hydrogen (secondary N) is 1. The molecule has 92 valence electrons. The normalized spacial score (nSPS) is 11.7. The van der Waals surface area contributed by atoms with Crippen LogP contribution in [-0.4, -0.2) is 18.6 Å². The highest BCUT2D eigenvalue weighted by atomic mass is 79.9. The number of benzene rings is 1. The van der Waals surface area contributed by atoms with Crippen molar-refractivity contribution in [2.45, 2.75) is 13.0 Å². The predicted molar refractivity (Wildman–Crippen MR) is 72.4 cm³/mol. The SMILES string of the molecule is C=CCNC(=O)C(C)Oc1cc(Br)ccc1Cl. The highest BCUT2D eigenvalue weighted by Gasteiger charge is 2.15. The average Bonchev–Trinajstić information content (AvgIpc) is 2.30. The molecule has 5 heteroatoms. The van der Waals surface area contributed by atoms with E-state index in [4.69, 9.17) is 16.3 Å². The van der Waals surface area contributed by atoms with Gasteiger partial charge in [0.25, 0.3) is 5.91 Å². The van der Waals surface area contributed by atoms with E-state index in [1.165, 1.54) is 0 Å². The number of ether oxygens (including phenoxy) is 1. The molecule has 0 fully saturated rings. The van der Waals surface area contributed by atoms with Crippen molar-refractivity contribution in [3.8, 4) is 5.75 Å². The van der Waals surface area contributed by atoms with E-state index in [9.17, 15) is 4.79 Å². The standard InChI is InChI=1S/C12H13BrClNO2/c1-3-6-15-12(16)8(2)17-11-7-9(13)4-5-10(11)14/h3-5,7-8H,1,6H2,2H3,(H,15,16). The Hall–Kier alpha value is -1.000. The van der Waals surface area contributed by atoms with E-state index in [0.717, 1.165) is 4.47 Å². The van der Waals surface area contributed by atoms with Gasteiger partial charge in [-0.15, -0.1) is 6.58 Å². The van der Waals surface area contributed by atoms with Gasteiger partial charge >= 0.3 is 0 Å². The van der Waals surface area contributed by atoms with Crippen LogP contribution in [0.3, 0.4) is 0 Å². The summed E-state index contributed by atoms with van der Waals surface area (Å²) in [5, 5.41) is 3.12.